The third kappa shape index (κ3) is 1.74. The highest BCUT2D eigenvalue weighted by Crippen LogP contribution is 2.49. The Bertz CT molecular complexity index is 365. The number of benzene rings is 1. The molecule has 1 saturated carbocycles. The van der Waals surface area contributed by atoms with Crippen LogP contribution < -0.4 is 4.74 Å². The van der Waals surface area contributed by atoms with Gasteiger partial charge in [0.1, 0.15) is 5.75 Å². The van der Waals surface area contributed by atoms with Crippen LogP contribution in [0.3, 0.4) is 0 Å². The zero-order valence-corrected chi connectivity index (χ0v) is 9.58. The van der Waals surface area contributed by atoms with Gasteiger partial charge in [0.25, 0.3) is 0 Å². The SMILES string of the molecule is COc1cccc(C2(O)CC2)c1C(C)C. The average Bonchev–Trinajstić information content (AvgIpc) is 2.96. The van der Waals surface area contributed by atoms with E-state index in [2.05, 4.69) is 13.8 Å². The van der Waals surface area contributed by atoms with Crippen molar-refractivity contribution in [2.45, 2.75) is 38.2 Å². The lowest BCUT2D eigenvalue weighted by Gasteiger charge is -2.20. The third-order valence-electron chi connectivity index (χ3n) is 3.09. The van der Waals surface area contributed by atoms with E-state index < -0.39 is 5.60 Å². The predicted molar refractivity (Wildman–Crippen MR) is 60.2 cm³/mol. The second-order valence-corrected chi connectivity index (χ2v) is 4.61. The van der Waals surface area contributed by atoms with Crippen molar-refractivity contribution in [1.82, 2.24) is 0 Å². The van der Waals surface area contributed by atoms with Gasteiger partial charge in [-0.1, -0.05) is 26.0 Å². The average molecular weight is 206 g/mol. The molecule has 1 aromatic rings. The minimum Gasteiger partial charge on any atom is -0.496 e. The quantitative estimate of drug-likeness (QED) is 0.824. The Kier molecular flexibility index (Phi) is 2.47. The first-order chi connectivity index (χ1) is 7.08. The minimum absolute atomic E-state index is 0.376. The standard InChI is InChI=1S/C13H18O2/c1-9(2)12-10(13(14)7-8-13)5-4-6-11(12)15-3/h4-6,9,14H,7-8H2,1-3H3. The highest BCUT2D eigenvalue weighted by atomic mass is 16.5. The summed E-state index contributed by atoms with van der Waals surface area (Å²) < 4.78 is 5.36. The number of ether oxygens (including phenoxy) is 1. The number of hydrogen-bond donors (Lipinski definition) is 1. The summed E-state index contributed by atoms with van der Waals surface area (Å²) in [7, 11) is 1.68. The summed E-state index contributed by atoms with van der Waals surface area (Å²) in [5.41, 5.74) is 1.63. The molecule has 1 N–H and O–H groups in total. The normalized spacial score (nSPS) is 17.9. The molecule has 1 aromatic carbocycles. The summed E-state index contributed by atoms with van der Waals surface area (Å²) in [6, 6.07) is 5.94. The molecule has 0 aliphatic heterocycles. The second kappa shape index (κ2) is 3.53. The predicted octanol–water partition coefficient (Wildman–Crippen LogP) is 2.80. The Morgan fingerprint density at radius 1 is 1.33 bits per heavy atom. The van der Waals surface area contributed by atoms with Crippen LogP contribution in [0.15, 0.2) is 18.2 Å². The summed E-state index contributed by atoms with van der Waals surface area (Å²) in [6.07, 6.45) is 1.75. The van der Waals surface area contributed by atoms with Crippen LogP contribution in [0.5, 0.6) is 5.75 Å². The molecule has 0 amide bonds. The van der Waals surface area contributed by atoms with Crippen LogP contribution in [0.25, 0.3) is 0 Å². The molecule has 0 heterocycles. The van der Waals surface area contributed by atoms with Crippen molar-refractivity contribution in [2.24, 2.45) is 0 Å². The highest BCUT2D eigenvalue weighted by molar-refractivity contribution is 5.46. The lowest BCUT2D eigenvalue weighted by molar-refractivity contribution is 0.149. The van der Waals surface area contributed by atoms with E-state index in [0.29, 0.717) is 5.92 Å². The van der Waals surface area contributed by atoms with Crippen molar-refractivity contribution < 1.29 is 9.84 Å². The fourth-order valence-corrected chi connectivity index (χ4v) is 2.11. The summed E-state index contributed by atoms with van der Waals surface area (Å²) in [5.74, 6) is 1.27. The van der Waals surface area contributed by atoms with Gasteiger partial charge in [-0.05, 0) is 30.4 Å². The first kappa shape index (κ1) is 10.5. The van der Waals surface area contributed by atoms with Crippen LogP contribution in [0.2, 0.25) is 0 Å². The van der Waals surface area contributed by atoms with Gasteiger partial charge in [-0.15, -0.1) is 0 Å². The third-order valence-corrected chi connectivity index (χ3v) is 3.09. The van der Waals surface area contributed by atoms with Gasteiger partial charge in [-0.3, -0.25) is 0 Å². The van der Waals surface area contributed by atoms with E-state index in [4.69, 9.17) is 4.74 Å². The molecule has 1 aliphatic rings. The largest absolute Gasteiger partial charge is 0.496 e. The summed E-state index contributed by atoms with van der Waals surface area (Å²) >= 11 is 0. The smallest absolute Gasteiger partial charge is 0.122 e. The van der Waals surface area contributed by atoms with Crippen LogP contribution in [0.4, 0.5) is 0 Å². The molecule has 82 valence electrons. The molecule has 0 radical (unpaired) electrons. The lowest BCUT2D eigenvalue weighted by atomic mass is 9.92. The zero-order valence-electron chi connectivity index (χ0n) is 9.58. The van der Waals surface area contributed by atoms with Gasteiger partial charge in [0.15, 0.2) is 0 Å². The van der Waals surface area contributed by atoms with Crippen LogP contribution in [-0.4, -0.2) is 12.2 Å². The van der Waals surface area contributed by atoms with Crippen molar-refractivity contribution in [1.29, 1.82) is 0 Å². The zero-order chi connectivity index (χ0) is 11.1. The molecular formula is C13H18O2. The minimum atomic E-state index is -0.575. The van der Waals surface area contributed by atoms with E-state index in [0.717, 1.165) is 29.7 Å². The van der Waals surface area contributed by atoms with Gasteiger partial charge in [-0.2, -0.15) is 0 Å². The van der Waals surface area contributed by atoms with Crippen molar-refractivity contribution in [3.63, 3.8) is 0 Å². The molecule has 0 aromatic heterocycles. The van der Waals surface area contributed by atoms with E-state index >= 15 is 0 Å². The molecule has 2 rings (SSSR count). The van der Waals surface area contributed by atoms with E-state index in [1.165, 1.54) is 0 Å². The molecule has 0 atom stereocenters. The number of rotatable bonds is 3. The van der Waals surface area contributed by atoms with Gasteiger partial charge < -0.3 is 9.84 Å². The van der Waals surface area contributed by atoms with Crippen molar-refractivity contribution >= 4 is 0 Å². The fourth-order valence-electron chi connectivity index (χ4n) is 2.11. The molecule has 2 nitrogen and oxygen atoms in total. The Labute approximate surface area is 90.9 Å². The van der Waals surface area contributed by atoms with Crippen LogP contribution in [0.1, 0.15) is 43.7 Å². The first-order valence-corrected chi connectivity index (χ1v) is 5.48. The van der Waals surface area contributed by atoms with Crippen molar-refractivity contribution in [2.75, 3.05) is 7.11 Å². The molecular weight excluding hydrogens is 188 g/mol. The van der Waals surface area contributed by atoms with Crippen molar-refractivity contribution in [3.8, 4) is 5.75 Å². The molecule has 1 fully saturated rings. The number of aliphatic hydroxyl groups is 1. The van der Waals surface area contributed by atoms with E-state index in [1.54, 1.807) is 7.11 Å². The summed E-state index contributed by atoms with van der Waals surface area (Å²) in [6.45, 7) is 4.26. The Morgan fingerprint density at radius 2 is 2.00 bits per heavy atom. The summed E-state index contributed by atoms with van der Waals surface area (Å²) in [4.78, 5) is 0. The molecule has 2 heteroatoms. The van der Waals surface area contributed by atoms with Crippen LogP contribution >= 0.6 is 0 Å². The van der Waals surface area contributed by atoms with Crippen LogP contribution in [0, 0.1) is 0 Å². The maximum absolute atomic E-state index is 10.2. The Balaban J connectivity index is 2.53. The van der Waals surface area contributed by atoms with E-state index in [9.17, 15) is 5.11 Å². The molecule has 0 unspecified atom stereocenters. The molecule has 0 saturated heterocycles. The highest BCUT2D eigenvalue weighted by Gasteiger charge is 2.44. The number of hydrogen-bond acceptors (Lipinski definition) is 2. The summed E-state index contributed by atoms with van der Waals surface area (Å²) in [5, 5.41) is 10.2. The molecule has 0 spiro atoms. The van der Waals surface area contributed by atoms with E-state index in [1.807, 2.05) is 18.2 Å². The van der Waals surface area contributed by atoms with Crippen molar-refractivity contribution in [3.05, 3.63) is 29.3 Å². The molecule has 15 heavy (non-hydrogen) atoms. The van der Waals surface area contributed by atoms with Gasteiger partial charge in [-0.25, -0.2) is 0 Å². The first-order valence-electron chi connectivity index (χ1n) is 5.48. The monoisotopic (exact) mass is 206 g/mol. The van der Waals surface area contributed by atoms with Gasteiger partial charge in [0.2, 0.25) is 0 Å². The van der Waals surface area contributed by atoms with Gasteiger partial charge in [0, 0.05) is 5.56 Å². The Hall–Kier alpha value is -1.02. The Morgan fingerprint density at radius 3 is 2.47 bits per heavy atom. The van der Waals surface area contributed by atoms with Crippen LogP contribution in [-0.2, 0) is 5.60 Å². The topological polar surface area (TPSA) is 29.5 Å². The lowest BCUT2D eigenvalue weighted by Crippen LogP contribution is -2.10. The van der Waals surface area contributed by atoms with E-state index in [-0.39, 0.29) is 0 Å². The fraction of sp³-hybridized carbons (Fsp3) is 0.538. The maximum Gasteiger partial charge on any atom is 0.122 e. The molecule has 0 bridgehead atoms. The maximum atomic E-state index is 10.2. The molecule has 1 aliphatic carbocycles. The number of methoxy groups -OCH3 is 1. The van der Waals surface area contributed by atoms with Gasteiger partial charge >= 0.3 is 0 Å². The second-order valence-electron chi connectivity index (χ2n) is 4.61. The van der Waals surface area contributed by atoms with Gasteiger partial charge in [0.05, 0.1) is 12.7 Å².